The summed E-state index contributed by atoms with van der Waals surface area (Å²) in [6.45, 7) is 4.31. The van der Waals surface area contributed by atoms with E-state index in [0.29, 0.717) is 10.9 Å². The Bertz CT molecular complexity index is 447. The molecule has 1 atom stereocenters. The first-order valence-corrected chi connectivity index (χ1v) is 7.15. The van der Waals surface area contributed by atoms with E-state index in [-0.39, 0.29) is 22.9 Å². The monoisotopic (exact) mass is 312 g/mol. The van der Waals surface area contributed by atoms with Crippen LogP contribution in [0.15, 0.2) is 22.7 Å². The Balaban J connectivity index is 2.12. The molecule has 0 amide bonds. The maximum atomic E-state index is 13.3. The van der Waals surface area contributed by atoms with Crippen LogP contribution in [0.2, 0.25) is 0 Å². The molecule has 0 aromatic heterocycles. The fourth-order valence-electron chi connectivity index (χ4n) is 2.96. The Hall–Kier alpha value is -0.700. The van der Waals surface area contributed by atoms with Crippen LogP contribution in [0.1, 0.15) is 38.7 Å². The molecule has 2 rings (SSSR count). The quantitative estimate of drug-likeness (QED) is 0.801. The zero-order valence-corrected chi connectivity index (χ0v) is 12.4. The molecule has 0 aliphatic heterocycles. The van der Waals surface area contributed by atoms with Crippen molar-refractivity contribution in [1.82, 2.24) is 0 Å². The number of rotatable bonds is 3. The van der Waals surface area contributed by atoms with Crippen molar-refractivity contribution in [2.45, 2.75) is 39.5 Å². The van der Waals surface area contributed by atoms with E-state index in [0.717, 1.165) is 24.8 Å². The van der Waals surface area contributed by atoms with E-state index in [1.165, 1.54) is 12.1 Å². The SMILES string of the molecule is CC1(C)CCCC1C(=O)Cc1cc(F)cc(Br)c1. The molecule has 1 aliphatic rings. The largest absolute Gasteiger partial charge is 0.299 e. The van der Waals surface area contributed by atoms with Crippen LogP contribution < -0.4 is 0 Å². The number of carbonyl (C=O) groups excluding carboxylic acids is 1. The molecule has 1 aliphatic carbocycles. The topological polar surface area (TPSA) is 17.1 Å². The second-order valence-corrected chi connectivity index (χ2v) is 6.77. The highest BCUT2D eigenvalue weighted by molar-refractivity contribution is 9.10. The van der Waals surface area contributed by atoms with Crippen LogP contribution in [0.25, 0.3) is 0 Å². The van der Waals surface area contributed by atoms with E-state index in [1.54, 1.807) is 0 Å². The van der Waals surface area contributed by atoms with Gasteiger partial charge in [-0.15, -0.1) is 0 Å². The van der Waals surface area contributed by atoms with Crippen LogP contribution in [0.3, 0.4) is 0 Å². The molecule has 0 N–H and O–H groups in total. The lowest BCUT2D eigenvalue weighted by Gasteiger charge is -2.25. The van der Waals surface area contributed by atoms with Crippen molar-refractivity contribution >= 4 is 21.7 Å². The number of Topliss-reactive ketones (excluding diaryl/α,β-unsaturated/α-hetero) is 1. The maximum Gasteiger partial charge on any atom is 0.140 e. The second-order valence-electron chi connectivity index (χ2n) is 5.85. The minimum Gasteiger partial charge on any atom is -0.299 e. The lowest BCUT2D eigenvalue weighted by molar-refractivity contribution is -0.124. The van der Waals surface area contributed by atoms with Gasteiger partial charge in [-0.25, -0.2) is 4.39 Å². The predicted octanol–water partition coefficient (Wildman–Crippen LogP) is 4.53. The van der Waals surface area contributed by atoms with Crippen molar-refractivity contribution in [3.8, 4) is 0 Å². The van der Waals surface area contributed by atoms with E-state index in [4.69, 9.17) is 0 Å². The molecule has 1 aromatic rings. The van der Waals surface area contributed by atoms with E-state index >= 15 is 0 Å². The number of carbonyl (C=O) groups is 1. The first kappa shape index (κ1) is 13.7. The van der Waals surface area contributed by atoms with Crippen molar-refractivity contribution in [1.29, 1.82) is 0 Å². The van der Waals surface area contributed by atoms with E-state index in [1.807, 2.05) is 6.07 Å². The van der Waals surface area contributed by atoms with Gasteiger partial charge in [0.05, 0.1) is 0 Å². The average Bonchev–Trinajstić information content (AvgIpc) is 2.56. The van der Waals surface area contributed by atoms with Crippen LogP contribution in [0, 0.1) is 17.2 Å². The zero-order chi connectivity index (χ0) is 13.3. The highest BCUT2D eigenvalue weighted by atomic mass is 79.9. The number of hydrogen-bond donors (Lipinski definition) is 0. The van der Waals surface area contributed by atoms with Gasteiger partial charge in [0.1, 0.15) is 11.6 Å². The highest BCUT2D eigenvalue weighted by Gasteiger charge is 2.38. The summed E-state index contributed by atoms with van der Waals surface area (Å²) in [5, 5.41) is 0. The molecule has 0 heterocycles. The third kappa shape index (κ3) is 3.00. The molecule has 0 bridgehead atoms. The van der Waals surface area contributed by atoms with Gasteiger partial charge in [0.15, 0.2) is 0 Å². The summed E-state index contributed by atoms with van der Waals surface area (Å²) in [5.41, 5.74) is 0.858. The van der Waals surface area contributed by atoms with Crippen LogP contribution in [-0.4, -0.2) is 5.78 Å². The lowest BCUT2D eigenvalue weighted by Crippen LogP contribution is -2.27. The molecule has 98 valence electrons. The van der Waals surface area contributed by atoms with Gasteiger partial charge in [0.25, 0.3) is 0 Å². The molecule has 1 saturated carbocycles. The molecule has 1 nitrogen and oxygen atoms in total. The second kappa shape index (κ2) is 5.12. The van der Waals surface area contributed by atoms with Crippen molar-refractivity contribution in [2.24, 2.45) is 11.3 Å². The third-order valence-corrected chi connectivity index (χ3v) is 4.40. The number of halogens is 2. The fourth-order valence-corrected chi connectivity index (χ4v) is 3.47. The normalized spacial score (nSPS) is 22.1. The molecule has 1 aromatic carbocycles. The Morgan fingerprint density at radius 1 is 1.44 bits per heavy atom. The minimum atomic E-state index is -0.294. The summed E-state index contributed by atoms with van der Waals surface area (Å²) in [6.07, 6.45) is 3.54. The van der Waals surface area contributed by atoms with Gasteiger partial charge in [0, 0.05) is 16.8 Å². The first-order chi connectivity index (χ1) is 8.38. The Morgan fingerprint density at radius 3 is 2.72 bits per heavy atom. The molecule has 1 fully saturated rings. The summed E-state index contributed by atoms with van der Waals surface area (Å²) in [7, 11) is 0. The van der Waals surface area contributed by atoms with Crippen LogP contribution >= 0.6 is 15.9 Å². The first-order valence-electron chi connectivity index (χ1n) is 6.36. The average molecular weight is 313 g/mol. The number of benzene rings is 1. The van der Waals surface area contributed by atoms with Gasteiger partial charge in [-0.1, -0.05) is 36.2 Å². The van der Waals surface area contributed by atoms with Gasteiger partial charge in [0.2, 0.25) is 0 Å². The van der Waals surface area contributed by atoms with Gasteiger partial charge >= 0.3 is 0 Å². The lowest BCUT2D eigenvalue weighted by atomic mass is 9.78. The van der Waals surface area contributed by atoms with E-state index < -0.39 is 0 Å². The molecule has 3 heteroatoms. The number of ketones is 1. The minimum absolute atomic E-state index is 0.0988. The van der Waals surface area contributed by atoms with Gasteiger partial charge in [-0.3, -0.25) is 4.79 Å². The summed E-state index contributed by atoms with van der Waals surface area (Å²) in [5.74, 6) is 0.0763. The summed E-state index contributed by atoms with van der Waals surface area (Å²) >= 11 is 3.26. The van der Waals surface area contributed by atoms with Crippen molar-refractivity contribution in [3.05, 3.63) is 34.1 Å². The van der Waals surface area contributed by atoms with Crippen molar-refractivity contribution in [3.63, 3.8) is 0 Å². The smallest absolute Gasteiger partial charge is 0.140 e. The zero-order valence-electron chi connectivity index (χ0n) is 10.8. The Labute approximate surface area is 116 Å². The standard InChI is InChI=1S/C15H18BrFO/c1-15(2)5-3-4-13(15)14(18)8-10-6-11(16)9-12(17)7-10/h6-7,9,13H,3-5,8H2,1-2H3. The van der Waals surface area contributed by atoms with Gasteiger partial charge < -0.3 is 0 Å². The van der Waals surface area contributed by atoms with Crippen LogP contribution in [-0.2, 0) is 11.2 Å². The van der Waals surface area contributed by atoms with Crippen LogP contribution in [0.4, 0.5) is 4.39 Å². The molecule has 0 spiro atoms. The summed E-state index contributed by atoms with van der Waals surface area (Å²) < 4.78 is 14.0. The molecular weight excluding hydrogens is 295 g/mol. The highest BCUT2D eigenvalue weighted by Crippen LogP contribution is 2.43. The molecule has 18 heavy (non-hydrogen) atoms. The summed E-state index contributed by atoms with van der Waals surface area (Å²) in [4.78, 5) is 12.3. The van der Waals surface area contributed by atoms with Crippen molar-refractivity contribution in [2.75, 3.05) is 0 Å². The molecular formula is C15H18BrFO. The Morgan fingerprint density at radius 2 is 2.17 bits per heavy atom. The van der Waals surface area contributed by atoms with Crippen LogP contribution in [0.5, 0.6) is 0 Å². The molecule has 0 radical (unpaired) electrons. The Kier molecular flexibility index (Phi) is 3.90. The molecule has 0 saturated heterocycles. The fraction of sp³-hybridized carbons (Fsp3) is 0.533. The predicted molar refractivity (Wildman–Crippen MR) is 73.9 cm³/mol. The van der Waals surface area contributed by atoms with E-state index in [2.05, 4.69) is 29.8 Å². The van der Waals surface area contributed by atoms with Gasteiger partial charge in [-0.05, 0) is 42.0 Å². The van der Waals surface area contributed by atoms with E-state index in [9.17, 15) is 9.18 Å². The number of hydrogen-bond acceptors (Lipinski definition) is 1. The molecule has 1 unspecified atom stereocenters. The summed E-state index contributed by atoms with van der Waals surface area (Å²) in [6, 6.07) is 4.68. The van der Waals surface area contributed by atoms with Crippen molar-refractivity contribution < 1.29 is 9.18 Å². The maximum absolute atomic E-state index is 13.3. The van der Waals surface area contributed by atoms with Gasteiger partial charge in [-0.2, -0.15) is 0 Å². The third-order valence-electron chi connectivity index (χ3n) is 3.95.